The fourth-order valence-electron chi connectivity index (χ4n) is 4.51. The number of benzene rings is 2. The van der Waals surface area contributed by atoms with Crippen LogP contribution in [0.25, 0.3) is 11.1 Å². The van der Waals surface area contributed by atoms with Crippen molar-refractivity contribution in [3.8, 4) is 16.9 Å². The van der Waals surface area contributed by atoms with E-state index in [2.05, 4.69) is 6.92 Å². The monoisotopic (exact) mass is 466 g/mol. The zero-order valence-corrected chi connectivity index (χ0v) is 20.7. The van der Waals surface area contributed by atoms with Gasteiger partial charge in [-0.1, -0.05) is 57.9 Å². The molecule has 0 saturated carbocycles. The molecule has 184 valence electrons. The molecule has 0 unspecified atom stereocenters. The van der Waals surface area contributed by atoms with Crippen LogP contribution in [-0.4, -0.2) is 36.7 Å². The third kappa shape index (κ3) is 6.47. The lowest BCUT2D eigenvalue weighted by Crippen LogP contribution is -2.06. The van der Waals surface area contributed by atoms with Gasteiger partial charge in [0.05, 0.1) is 18.8 Å². The normalized spacial score (nSPS) is 11.9. The number of unbranched alkanes of at least 4 members (excludes halogenated alkanes) is 7. The van der Waals surface area contributed by atoms with Crippen LogP contribution in [0.2, 0.25) is 0 Å². The highest BCUT2D eigenvalue weighted by Crippen LogP contribution is 2.41. The van der Waals surface area contributed by atoms with Crippen molar-refractivity contribution in [2.24, 2.45) is 0 Å². The second-order valence-corrected chi connectivity index (χ2v) is 8.97. The number of aliphatic hydroxyl groups is 1. The number of esters is 1. The van der Waals surface area contributed by atoms with Crippen LogP contribution >= 0.6 is 0 Å². The molecular formula is C29H38O5. The molecule has 3 rings (SSSR count). The second kappa shape index (κ2) is 13.3. The first-order valence-corrected chi connectivity index (χ1v) is 12.9. The summed E-state index contributed by atoms with van der Waals surface area (Å²) in [5.41, 5.74) is 4.14. The summed E-state index contributed by atoms with van der Waals surface area (Å²) in [4.78, 5) is 25.3. The van der Waals surface area contributed by atoms with E-state index >= 15 is 0 Å². The van der Waals surface area contributed by atoms with E-state index in [1.807, 2.05) is 18.2 Å². The van der Waals surface area contributed by atoms with E-state index in [4.69, 9.17) is 9.47 Å². The largest absolute Gasteiger partial charge is 0.493 e. The number of aryl methyl sites for hydroxylation is 1. The SMILES string of the molecule is CCCCCCCCCCOc1cc2c(cc1CCCO)C(=O)c1cc(C(=O)OCC)ccc1-2. The van der Waals surface area contributed by atoms with Gasteiger partial charge in [-0.15, -0.1) is 0 Å². The molecule has 0 aromatic heterocycles. The van der Waals surface area contributed by atoms with Gasteiger partial charge >= 0.3 is 5.97 Å². The Hall–Kier alpha value is -2.66. The molecule has 0 spiro atoms. The maximum atomic E-state index is 13.1. The summed E-state index contributed by atoms with van der Waals surface area (Å²) in [6, 6.07) is 9.02. The van der Waals surface area contributed by atoms with Crippen molar-refractivity contribution in [1.29, 1.82) is 0 Å². The third-order valence-electron chi connectivity index (χ3n) is 6.37. The van der Waals surface area contributed by atoms with Crippen LogP contribution in [-0.2, 0) is 11.2 Å². The van der Waals surface area contributed by atoms with E-state index in [1.54, 1.807) is 19.1 Å². The van der Waals surface area contributed by atoms with Gasteiger partial charge in [-0.3, -0.25) is 4.79 Å². The fraction of sp³-hybridized carbons (Fsp3) is 0.517. The smallest absolute Gasteiger partial charge is 0.338 e. The lowest BCUT2D eigenvalue weighted by Gasteiger charge is -2.14. The maximum absolute atomic E-state index is 13.1. The molecule has 0 fully saturated rings. The van der Waals surface area contributed by atoms with Gasteiger partial charge in [-0.25, -0.2) is 4.79 Å². The molecule has 0 radical (unpaired) electrons. The van der Waals surface area contributed by atoms with Crippen LogP contribution < -0.4 is 4.74 Å². The molecule has 0 amide bonds. The molecular weight excluding hydrogens is 428 g/mol. The lowest BCUT2D eigenvalue weighted by molar-refractivity contribution is 0.0526. The van der Waals surface area contributed by atoms with E-state index in [-0.39, 0.29) is 19.0 Å². The third-order valence-corrected chi connectivity index (χ3v) is 6.37. The van der Waals surface area contributed by atoms with Gasteiger partial charge in [0.2, 0.25) is 0 Å². The van der Waals surface area contributed by atoms with Crippen molar-refractivity contribution in [3.63, 3.8) is 0 Å². The molecule has 0 saturated heterocycles. The molecule has 0 atom stereocenters. The molecule has 1 aliphatic rings. The Labute approximate surface area is 203 Å². The topological polar surface area (TPSA) is 72.8 Å². The van der Waals surface area contributed by atoms with E-state index < -0.39 is 5.97 Å². The van der Waals surface area contributed by atoms with Gasteiger partial charge < -0.3 is 14.6 Å². The average molecular weight is 467 g/mol. The summed E-state index contributed by atoms with van der Waals surface area (Å²) in [5.74, 6) is 0.272. The Kier molecular flexibility index (Phi) is 10.1. The molecule has 1 N–H and O–H groups in total. The number of ketones is 1. The van der Waals surface area contributed by atoms with Crippen LogP contribution in [0.1, 0.15) is 103 Å². The molecule has 2 aromatic rings. The predicted octanol–water partition coefficient (Wildman–Crippen LogP) is 6.52. The lowest BCUT2D eigenvalue weighted by atomic mass is 9.99. The highest BCUT2D eigenvalue weighted by molar-refractivity contribution is 6.22. The fourth-order valence-corrected chi connectivity index (χ4v) is 4.51. The summed E-state index contributed by atoms with van der Waals surface area (Å²) in [5, 5.41) is 9.33. The standard InChI is InChI=1S/C29H38O5/c1-3-5-6-7-8-9-10-11-17-34-27-20-24-23-15-14-22(29(32)33-4-2)19-25(23)28(31)26(24)18-21(27)13-12-16-30/h14-15,18-20,30H,3-13,16-17H2,1-2H3. The second-order valence-electron chi connectivity index (χ2n) is 8.97. The molecule has 0 heterocycles. The first-order chi connectivity index (χ1) is 16.6. The Bertz CT molecular complexity index is 979. The number of hydrogen-bond acceptors (Lipinski definition) is 5. The maximum Gasteiger partial charge on any atom is 0.338 e. The van der Waals surface area contributed by atoms with Crippen LogP contribution in [0.5, 0.6) is 5.75 Å². The molecule has 0 aliphatic heterocycles. The highest BCUT2D eigenvalue weighted by Gasteiger charge is 2.29. The van der Waals surface area contributed by atoms with Crippen molar-refractivity contribution in [3.05, 3.63) is 52.6 Å². The van der Waals surface area contributed by atoms with E-state index in [9.17, 15) is 14.7 Å². The number of carbonyl (C=O) groups is 2. The van der Waals surface area contributed by atoms with Crippen molar-refractivity contribution in [2.45, 2.75) is 78.1 Å². The molecule has 5 heteroatoms. The van der Waals surface area contributed by atoms with Gasteiger partial charge in [0.25, 0.3) is 0 Å². The van der Waals surface area contributed by atoms with E-state index in [1.165, 1.54) is 38.5 Å². The van der Waals surface area contributed by atoms with Crippen LogP contribution in [0.3, 0.4) is 0 Å². The van der Waals surface area contributed by atoms with Crippen molar-refractivity contribution in [1.82, 2.24) is 0 Å². The van der Waals surface area contributed by atoms with Crippen LogP contribution in [0.15, 0.2) is 30.3 Å². The Morgan fingerprint density at radius 2 is 1.53 bits per heavy atom. The molecule has 2 aromatic carbocycles. The van der Waals surface area contributed by atoms with Crippen LogP contribution in [0.4, 0.5) is 0 Å². The van der Waals surface area contributed by atoms with Crippen molar-refractivity contribution < 1.29 is 24.2 Å². The summed E-state index contributed by atoms with van der Waals surface area (Å²) >= 11 is 0. The van der Waals surface area contributed by atoms with Gasteiger partial charge in [0.15, 0.2) is 5.78 Å². The first-order valence-electron chi connectivity index (χ1n) is 12.9. The average Bonchev–Trinajstić information content (AvgIpc) is 3.12. The molecule has 34 heavy (non-hydrogen) atoms. The van der Waals surface area contributed by atoms with Gasteiger partial charge in [0.1, 0.15) is 5.75 Å². The minimum absolute atomic E-state index is 0.0870. The van der Waals surface area contributed by atoms with Gasteiger partial charge in [-0.05, 0) is 67.1 Å². The van der Waals surface area contributed by atoms with Gasteiger partial charge in [0, 0.05) is 17.7 Å². The number of aliphatic hydroxyl groups excluding tert-OH is 1. The Balaban J connectivity index is 1.71. The summed E-state index contributed by atoms with van der Waals surface area (Å²) in [6.07, 6.45) is 11.2. The number of carbonyl (C=O) groups excluding carboxylic acids is 2. The number of ether oxygens (including phenoxy) is 2. The number of fused-ring (bicyclic) bond motifs is 3. The molecule has 0 bridgehead atoms. The summed E-state index contributed by atoms with van der Waals surface area (Å²) < 4.78 is 11.3. The predicted molar refractivity (Wildman–Crippen MR) is 135 cm³/mol. The zero-order chi connectivity index (χ0) is 24.3. The Morgan fingerprint density at radius 3 is 2.24 bits per heavy atom. The molecule has 5 nitrogen and oxygen atoms in total. The highest BCUT2D eigenvalue weighted by atomic mass is 16.5. The Morgan fingerprint density at radius 1 is 0.824 bits per heavy atom. The zero-order valence-electron chi connectivity index (χ0n) is 20.7. The quantitative estimate of drug-likeness (QED) is 0.204. The number of rotatable bonds is 15. The molecule has 1 aliphatic carbocycles. The van der Waals surface area contributed by atoms with E-state index in [0.29, 0.717) is 36.1 Å². The van der Waals surface area contributed by atoms with Gasteiger partial charge in [-0.2, -0.15) is 0 Å². The van der Waals surface area contributed by atoms with E-state index in [0.717, 1.165) is 35.3 Å². The summed E-state index contributed by atoms with van der Waals surface area (Å²) in [6.45, 7) is 5.02. The minimum Gasteiger partial charge on any atom is -0.493 e. The van der Waals surface area contributed by atoms with Crippen molar-refractivity contribution >= 4 is 11.8 Å². The van der Waals surface area contributed by atoms with Crippen LogP contribution in [0, 0.1) is 0 Å². The number of hydrogen-bond donors (Lipinski definition) is 1. The summed E-state index contributed by atoms with van der Waals surface area (Å²) in [7, 11) is 0. The first kappa shape index (κ1) is 26.0. The van der Waals surface area contributed by atoms with Crippen molar-refractivity contribution in [2.75, 3.05) is 19.8 Å². The minimum atomic E-state index is -0.424.